The molecule has 0 radical (unpaired) electrons. The van der Waals surface area contributed by atoms with Crippen molar-refractivity contribution in [1.29, 1.82) is 0 Å². The van der Waals surface area contributed by atoms with Crippen LogP contribution in [0.1, 0.15) is 58.3 Å². The first kappa shape index (κ1) is 24.4. The Balaban J connectivity index is 1.31. The third kappa shape index (κ3) is 4.73. The molecule has 4 atom stereocenters. The predicted octanol–water partition coefficient (Wildman–Crippen LogP) is 1.25. The lowest BCUT2D eigenvalue weighted by Gasteiger charge is -2.43. The minimum atomic E-state index is -3.19. The SMILES string of the molecule is CNC(=O)C1C(C)NN2CCC(C3CCN(S(=O)(=O)C4CCC(N(C)C)CC4)CC3)CC12. The van der Waals surface area contributed by atoms with Crippen LogP contribution < -0.4 is 10.7 Å². The van der Waals surface area contributed by atoms with Gasteiger partial charge < -0.3 is 10.2 Å². The predicted molar refractivity (Wildman–Crippen MR) is 126 cm³/mol. The lowest BCUT2D eigenvalue weighted by Crippen LogP contribution is -2.50. The molecule has 3 aliphatic heterocycles. The van der Waals surface area contributed by atoms with Crippen molar-refractivity contribution in [2.45, 2.75) is 81.7 Å². The van der Waals surface area contributed by atoms with E-state index in [9.17, 15) is 13.2 Å². The molecular formula is C23H43N5O3S. The van der Waals surface area contributed by atoms with Crippen molar-refractivity contribution in [3.05, 3.63) is 0 Å². The molecule has 8 nitrogen and oxygen atoms in total. The van der Waals surface area contributed by atoms with E-state index in [4.69, 9.17) is 0 Å². The molecule has 2 N–H and O–H groups in total. The van der Waals surface area contributed by atoms with Gasteiger partial charge in [0.25, 0.3) is 0 Å². The molecule has 1 aliphatic carbocycles. The molecule has 0 bridgehead atoms. The van der Waals surface area contributed by atoms with Gasteiger partial charge in [0, 0.05) is 44.8 Å². The first-order valence-electron chi connectivity index (χ1n) is 12.6. The van der Waals surface area contributed by atoms with Gasteiger partial charge in [0.1, 0.15) is 0 Å². The Kier molecular flexibility index (Phi) is 7.51. The molecule has 184 valence electrons. The minimum absolute atomic E-state index is 0.0134. The molecule has 4 fully saturated rings. The Morgan fingerprint density at radius 2 is 1.59 bits per heavy atom. The van der Waals surface area contributed by atoms with E-state index >= 15 is 0 Å². The summed E-state index contributed by atoms with van der Waals surface area (Å²) in [6, 6.07) is 0.926. The number of carbonyl (C=O) groups excluding carboxylic acids is 1. The molecule has 0 aromatic heterocycles. The van der Waals surface area contributed by atoms with E-state index in [1.807, 2.05) is 0 Å². The molecule has 9 heteroatoms. The van der Waals surface area contributed by atoms with E-state index in [1.165, 1.54) is 0 Å². The Morgan fingerprint density at radius 1 is 0.969 bits per heavy atom. The highest BCUT2D eigenvalue weighted by Gasteiger charge is 2.47. The monoisotopic (exact) mass is 469 g/mol. The van der Waals surface area contributed by atoms with E-state index < -0.39 is 10.0 Å². The molecular weight excluding hydrogens is 426 g/mol. The van der Waals surface area contributed by atoms with Gasteiger partial charge in [-0.2, -0.15) is 0 Å². The molecule has 0 spiro atoms. The molecule has 0 aromatic carbocycles. The number of carbonyl (C=O) groups is 1. The van der Waals surface area contributed by atoms with Gasteiger partial charge in [0.15, 0.2) is 0 Å². The van der Waals surface area contributed by atoms with Crippen molar-refractivity contribution < 1.29 is 13.2 Å². The summed E-state index contributed by atoms with van der Waals surface area (Å²) < 4.78 is 28.4. The summed E-state index contributed by atoms with van der Waals surface area (Å²) in [7, 11) is 2.72. The molecule has 1 saturated carbocycles. The van der Waals surface area contributed by atoms with Gasteiger partial charge in [-0.3, -0.25) is 10.2 Å². The Bertz CT molecular complexity index is 760. The Morgan fingerprint density at radius 3 is 2.19 bits per heavy atom. The number of piperidine rings is 2. The maximum atomic E-state index is 13.3. The van der Waals surface area contributed by atoms with E-state index in [0.717, 1.165) is 57.9 Å². The van der Waals surface area contributed by atoms with Crippen molar-refractivity contribution in [1.82, 2.24) is 25.0 Å². The summed E-state index contributed by atoms with van der Waals surface area (Å²) in [5.74, 6) is 1.26. The second-order valence-corrected chi connectivity index (χ2v) is 13.0. The van der Waals surface area contributed by atoms with Crippen LogP contribution in [0, 0.1) is 17.8 Å². The quantitative estimate of drug-likeness (QED) is 0.631. The van der Waals surface area contributed by atoms with Gasteiger partial charge in [-0.25, -0.2) is 17.7 Å². The van der Waals surface area contributed by atoms with Crippen LogP contribution in [0.25, 0.3) is 0 Å². The van der Waals surface area contributed by atoms with Crippen molar-refractivity contribution in [3.63, 3.8) is 0 Å². The minimum Gasteiger partial charge on any atom is -0.359 e. The number of rotatable bonds is 5. The first-order chi connectivity index (χ1) is 15.2. The number of nitrogens with zero attached hydrogens (tertiary/aromatic N) is 3. The molecule has 32 heavy (non-hydrogen) atoms. The van der Waals surface area contributed by atoms with Crippen LogP contribution in [-0.2, 0) is 14.8 Å². The number of sulfonamides is 1. The van der Waals surface area contributed by atoms with Crippen LogP contribution in [0.5, 0.6) is 0 Å². The molecule has 3 heterocycles. The van der Waals surface area contributed by atoms with Crippen LogP contribution >= 0.6 is 0 Å². The van der Waals surface area contributed by atoms with Crippen LogP contribution in [-0.4, -0.2) is 92.7 Å². The van der Waals surface area contributed by atoms with Crippen LogP contribution in [0.2, 0.25) is 0 Å². The molecule has 3 saturated heterocycles. The zero-order chi connectivity index (χ0) is 23.0. The van der Waals surface area contributed by atoms with E-state index in [1.54, 1.807) is 11.4 Å². The smallest absolute Gasteiger partial charge is 0.226 e. The molecule has 1 amide bonds. The topological polar surface area (TPSA) is 85.0 Å². The highest BCUT2D eigenvalue weighted by atomic mass is 32.2. The molecule has 4 aliphatic rings. The maximum Gasteiger partial charge on any atom is 0.226 e. The van der Waals surface area contributed by atoms with Gasteiger partial charge in [0.2, 0.25) is 15.9 Å². The third-order valence-electron chi connectivity index (χ3n) is 8.88. The van der Waals surface area contributed by atoms with Crippen molar-refractivity contribution in [2.75, 3.05) is 40.8 Å². The summed E-state index contributed by atoms with van der Waals surface area (Å²) in [6.45, 7) is 4.40. The largest absolute Gasteiger partial charge is 0.359 e. The lowest BCUT2D eigenvalue weighted by molar-refractivity contribution is -0.126. The molecule has 0 aromatic rings. The standard InChI is InChI=1S/C23H43N5O3S/c1-16-22(23(29)24-2)21-15-18(11-14-28(21)25-16)17-9-12-27(13-10-17)32(30,31)20-7-5-19(6-8-20)26(3)4/h16-22,25H,5-15H2,1-4H3,(H,24,29). The first-order valence-corrected chi connectivity index (χ1v) is 14.1. The summed E-state index contributed by atoms with van der Waals surface area (Å²) in [5.41, 5.74) is 3.50. The number of hydrazine groups is 1. The summed E-state index contributed by atoms with van der Waals surface area (Å²) in [5, 5.41) is 4.93. The number of hydrogen-bond acceptors (Lipinski definition) is 6. The average molecular weight is 470 g/mol. The van der Waals surface area contributed by atoms with Crippen LogP contribution in [0.3, 0.4) is 0 Å². The fourth-order valence-corrected chi connectivity index (χ4v) is 8.88. The molecule has 4 unspecified atom stereocenters. The van der Waals surface area contributed by atoms with E-state index in [2.05, 4.69) is 41.7 Å². The number of amides is 1. The second-order valence-electron chi connectivity index (χ2n) is 10.8. The Labute approximate surface area is 194 Å². The second kappa shape index (κ2) is 9.86. The highest BCUT2D eigenvalue weighted by molar-refractivity contribution is 7.89. The van der Waals surface area contributed by atoms with E-state index in [0.29, 0.717) is 31.0 Å². The fourth-order valence-electron chi connectivity index (χ4n) is 6.87. The van der Waals surface area contributed by atoms with Gasteiger partial charge in [-0.05, 0) is 84.2 Å². The van der Waals surface area contributed by atoms with Gasteiger partial charge in [0.05, 0.1) is 11.2 Å². The number of fused-ring (bicyclic) bond motifs is 1. The fraction of sp³-hybridized carbons (Fsp3) is 0.957. The van der Waals surface area contributed by atoms with Crippen molar-refractivity contribution >= 4 is 15.9 Å². The third-order valence-corrected chi connectivity index (χ3v) is 11.3. The summed E-state index contributed by atoms with van der Waals surface area (Å²) in [6.07, 6.45) is 7.60. The van der Waals surface area contributed by atoms with Crippen molar-refractivity contribution in [3.8, 4) is 0 Å². The zero-order valence-electron chi connectivity index (χ0n) is 20.3. The van der Waals surface area contributed by atoms with E-state index in [-0.39, 0.29) is 29.2 Å². The van der Waals surface area contributed by atoms with Crippen molar-refractivity contribution in [2.24, 2.45) is 17.8 Å². The van der Waals surface area contributed by atoms with Crippen LogP contribution in [0.15, 0.2) is 0 Å². The van der Waals surface area contributed by atoms with Crippen LogP contribution in [0.4, 0.5) is 0 Å². The van der Waals surface area contributed by atoms with Gasteiger partial charge in [-0.15, -0.1) is 0 Å². The molecule has 4 rings (SSSR count). The zero-order valence-corrected chi connectivity index (χ0v) is 21.1. The average Bonchev–Trinajstić information content (AvgIpc) is 3.13. The highest BCUT2D eigenvalue weighted by Crippen LogP contribution is 2.40. The lowest BCUT2D eigenvalue weighted by atomic mass is 9.74. The number of hydrogen-bond donors (Lipinski definition) is 2. The summed E-state index contributed by atoms with van der Waals surface area (Å²) in [4.78, 5) is 14.7. The number of nitrogens with one attached hydrogen (secondary N) is 2. The van der Waals surface area contributed by atoms with Gasteiger partial charge >= 0.3 is 0 Å². The Hall–Kier alpha value is -0.740. The summed E-state index contributed by atoms with van der Waals surface area (Å²) >= 11 is 0. The maximum absolute atomic E-state index is 13.3. The normalized spacial score (nSPS) is 38.0. The van der Waals surface area contributed by atoms with Gasteiger partial charge in [-0.1, -0.05) is 0 Å².